The molecule has 12 heteroatoms. The molecular weight excluding hydrogens is 650 g/mol. The number of carbonyl (C=O) groups is 1. The average molecular weight is 694 g/mol. The summed E-state index contributed by atoms with van der Waals surface area (Å²) in [5.41, 5.74) is 6.11. The number of fused-ring (bicyclic) bond motifs is 8. The van der Waals surface area contributed by atoms with Gasteiger partial charge in [0.05, 0.1) is 52.1 Å². The number of aryl methyl sites for hydroxylation is 1. The number of nitrogens with one attached hydrogen (secondary N) is 1. The molecule has 0 saturated carbocycles. The molecule has 1 saturated heterocycles. The first kappa shape index (κ1) is 34.2. The van der Waals surface area contributed by atoms with Crippen molar-refractivity contribution >= 4 is 16.8 Å². The molecule has 5 atom stereocenters. The summed E-state index contributed by atoms with van der Waals surface area (Å²) in [6.45, 7) is 5.70. The predicted octanol–water partition coefficient (Wildman–Crippen LogP) is 4.81. The average Bonchev–Trinajstić information content (AvgIpc) is 3.11. The van der Waals surface area contributed by atoms with Crippen LogP contribution in [0.5, 0.6) is 34.5 Å². The number of aromatic nitrogens is 1. The van der Waals surface area contributed by atoms with E-state index in [0.29, 0.717) is 57.9 Å². The van der Waals surface area contributed by atoms with Crippen LogP contribution in [0.2, 0.25) is 0 Å². The molecule has 0 aliphatic carbocycles. The van der Waals surface area contributed by atoms with Crippen molar-refractivity contribution in [2.75, 3.05) is 42.0 Å². The number of benzene rings is 3. The zero-order valence-electron chi connectivity index (χ0n) is 30.1. The van der Waals surface area contributed by atoms with Gasteiger partial charge in [0.1, 0.15) is 23.2 Å². The molecule has 4 aromatic rings. The standard InChI is InChI=1S/C39H43N5O7/c1-18-9-10-21-11-12-24(42-25(21)13-18)39(47)41-17-29-30-22(35(48-5)19(2)37(50-7)33(30)45)15-27-32-31-23(14-26(43(32)4)28(16-40)44(27)29)36(49-6)20(3)38(51-8)34(31)46/h9-13,26-29,32,45-46H,14-15,17H2,1-8H3,(H,41,47)/t26-,27-,28?,29-,32-/m0/s1. The van der Waals surface area contributed by atoms with E-state index in [9.17, 15) is 20.3 Å². The molecule has 3 aliphatic heterocycles. The summed E-state index contributed by atoms with van der Waals surface area (Å²) in [7, 11) is 8.17. The van der Waals surface area contributed by atoms with Gasteiger partial charge in [0.15, 0.2) is 23.0 Å². The monoisotopic (exact) mass is 693 g/mol. The minimum absolute atomic E-state index is 0.0328. The number of rotatable bonds is 7. The Hall–Kier alpha value is -5.25. The topological polar surface area (TPSA) is 150 Å². The van der Waals surface area contributed by atoms with E-state index in [1.54, 1.807) is 20.3 Å². The van der Waals surface area contributed by atoms with Gasteiger partial charge in [-0.3, -0.25) is 14.6 Å². The Labute approximate surface area is 297 Å². The Morgan fingerprint density at radius 1 is 0.882 bits per heavy atom. The van der Waals surface area contributed by atoms with E-state index in [-0.39, 0.29) is 41.4 Å². The number of phenolic OH excluding ortho intramolecular Hbond substituents is 2. The molecule has 7 rings (SSSR count). The van der Waals surface area contributed by atoms with E-state index in [1.807, 2.05) is 52.1 Å². The Morgan fingerprint density at radius 2 is 1.45 bits per heavy atom. The smallest absolute Gasteiger partial charge is 0.269 e. The number of nitrogens with zero attached hydrogens (tertiary/aromatic N) is 4. The molecule has 1 fully saturated rings. The minimum atomic E-state index is -0.685. The van der Waals surface area contributed by atoms with Crippen LogP contribution in [0.1, 0.15) is 61.5 Å². The molecule has 3 N–H and O–H groups in total. The quantitative estimate of drug-likeness (QED) is 0.245. The van der Waals surface area contributed by atoms with Crippen LogP contribution in [0, 0.1) is 32.1 Å². The van der Waals surface area contributed by atoms with Crippen molar-refractivity contribution in [3.05, 3.63) is 75.0 Å². The third kappa shape index (κ3) is 5.01. The van der Waals surface area contributed by atoms with Gasteiger partial charge in [0.25, 0.3) is 5.91 Å². The summed E-state index contributed by atoms with van der Waals surface area (Å²) < 4.78 is 23.4. The largest absolute Gasteiger partial charge is 0.504 e. The maximum Gasteiger partial charge on any atom is 0.269 e. The van der Waals surface area contributed by atoms with Crippen molar-refractivity contribution < 1.29 is 34.0 Å². The number of hydrogen-bond donors (Lipinski definition) is 3. The van der Waals surface area contributed by atoms with E-state index < -0.39 is 24.2 Å². The molecule has 0 spiro atoms. The highest BCUT2D eigenvalue weighted by Crippen LogP contribution is 2.58. The van der Waals surface area contributed by atoms with Crippen molar-refractivity contribution in [3.63, 3.8) is 0 Å². The van der Waals surface area contributed by atoms with E-state index in [4.69, 9.17) is 18.9 Å². The van der Waals surface area contributed by atoms with Crippen molar-refractivity contribution in [1.82, 2.24) is 20.1 Å². The van der Waals surface area contributed by atoms with Crippen LogP contribution in [0.3, 0.4) is 0 Å². The molecule has 0 radical (unpaired) electrons. The zero-order valence-corrected chi connectivity index (χ0v) is 30.1. The van der Waals surface area contributed by atoms with Gasteiger partial charge in [-0.15, -0.1) is 0 Å². The number of piperazine rings is 1. The van der Waals surface area contributed by atoms with Crippen LogP contribution in [0.25, 0.3) is 10.9 Å². The molecule has 12 nitrogen and oxygen atoms in total. The Balaban J connectivity index is 1.40. The number of amides is 1. The van der Waals surface area contributed by atoms with Gasteiger partial charge < -0.3 is 34.5 Å². The highest BCUT2D eigenvalue weighted by atomic mass is 16.5. The van der Waals surface area contributed by atoms with Crippen LogP contribution >= 0.6 is 0 Å². The lowest BCUT2D eigenvalue weighted by atomic mass is 9.71. The highest BCUT2D eigenvalue weighted by Gasteiger charge is 2.57. The van der Waals surface area contributed by atoms with E-state index >= 15 is 0 Å². The molecule has 1 amide bonds. The van der Waals surface area contributed by atoms with Crippen LogP contribution in [-0.2, 0) is 12.8 Å². The molecule has 3 aromatic carbocycles. The second-order valence-electron chi connectivity index (χ2n) is 13.7. The SMILES string of the molecule is COc1c(C)c(OC)c2c(c1O)[C@@H]1[C@@H]3Cc4c(OC)c(C)c(OC)c(O)c4[C@H](CNC(=O)c4ccc5ccc(C)cc5n4)N3C(C#N)[C@H](C2)N1C. The third-order valence-corrected chi connectivity index (χ3v) is 11.2. The van der Waals surface area contributed by atoms with Crippen LogP contribution in [0.4, 0.5) is 0 Å². The summed E-state index contributed by atoms with van der Waals surface area (Å²) in [5.74, 6) is 1.37. The van der Waals surface area contributed by atoms with Gasteiger partial charge in [-0.05, 0) is 58.4 Å². The lowest BCUT2D eigenvalue weighted by Crippen LogP contribution is -2.68. The Morgan fingerprint density at radius 3 is 2.06 bits per heavy atom. The summed E-state index contributed by atoms with van der Waals surface area (Å²) in [6, 6.07) is 9.56. The minimum Gasteiger partial charge on any atom is -0.504 e. The van der Waals surface area contributed by atoms with Gasteiger partial charge in [0.2, 0.25) is 0 Å². The Bertz CT molecular complexity index is 2130. The number of nitriles is 1. The summed E-state index contributed by atoms with van der Waals surface area (Å²) in [4.78, 5) is 22.7. The molecule has 3 aliphatic rings. The van der Waals surface area contributed by atoms with Crippen molar-refractivity contribution in [3.8, 4) is 40.6 Å². The number of likely N-dealkylation sites (N-methyl/N-ethyl adjacent to an activating group) is 1. The number of carbonyl (C=O) groups excluding carboxylic acids is 1. The van der Waals surface area contributed by atoms with Crippen LogP contribution in [0.15, 0.2) is 30.3 Å². The predicted molar refractivity (Wildman–Crippen MR) is 190 cm³/mol. The first-order valence-electron chi connectivity index (χ1n) is 17.0. The van der Waals surface area contributed by atoms with Gasteiger partial charge in [-0.2, -0.15) is 5.26 Å². The second-order valence-corrected chi connectivity index (χ2v) is 13.7. The van der Waals surface area contributed by atoms with Gasteiger partial charge in [-0.1, -0.05) is 18.2 Å². The number of phenols is 2. The van der Waals surface area contributed by atoms with Crippen molar-refractivity contribution in [2.24, 2.45) is 0 Å². The first-order valence-corrected chi connectivity index (χ1v) is 17.0. The summed E-state index contributed by atoms with van der Waals surface area (Å²) >= 11 is 0. The van der Waals surface area contributed by atoms with Crippen molar-refractivity contribution in [1.29, 1.82) is 5.26 Å². The third-order valence-electron chi connectivity index (χ3n) is 11.2. The lowest BCUT2D eigenvalue weighted by molar-refractivity contribution is -0.0724. The van der Waals surface area contributed by atoms with Gasteiger partial charge >= 0.3 is 0 Å². The van der Waals surface area contributed by atoms with E-state index in [1.165, 1.54) is 14.2 Å². The normalized spacial score (nSPS) is 22.3. The first-order chi connectivity index (χ1) is 24.5. The number of hydrogen-bond acceptors (Lipinski definition) is 11. The maximum absolute atomic E-state index is 13.8. The molecular formula is C39H43N5O7. The van der Waals surface area contributed by atoms with Crippen LogP contribution < -0.4 is 24.3 Å². The summed E-state index contributed by atoms with van der Waals surface area (Å²) in [6.07, 6.45) is 0.786. The lowest BCUT2D eigenvalue weighted by Gasteiger charge is -2.60. The van der Waals surface area contributed by atoms with Crippen molar-refractivity contribution in [2.45, 2.75) is 63.8 Å². The second kappa shape index (κ2) is 12.8. The zero-order chi connectivity index (χ0) is 36.5. The maximum atomic E-state index is 13.8. The van der Waals surface area contributed by atoms with Gasteiger partial charge in [0, 0.05) is 57.4 Å². The fourth-order valence-corrected chi connectivity index (χ4v) is 9.05. The van der Waals surface area contributed by atoms with Gasteiger partial charge in [-0.25, -0.2) is 4.98 Å². The number of aromatic hydroxyl groups is 2. The molecule has 4 heterocycles. The molecule has 1 unspecified atom stereocenters. The molecule has 51 heavy (non-hydrogen) atoms. The summed E-state index contributed by atoms with van der Waals surface area (Å²) in [5, 5.41) is 38.7. The molecule has 2 bridgehead atoms. The fraction of sp³-hybridized carbons (Fsp3) is 0.410. The number of methoxy groups -OCH3 is 4. The Kier molecular flexibility index (Phi) is 8.60. The molecule has 1 aromatic heterocycles. The highest BCUT2D eigenvalue weighted by molar-refractivity contribution is 5.95. The van der Waals surface area contributed by atoms with E-state index in [2.05, 4.69) is 26.2 Å². The molecule has 266 valence electrons. The van der Waals surface area contributed by atoms with E-state index in [0.717, 1.165) is 22.1 Å². The number of pyridine rings is 1. The fourth-order valence-electron chi connectivity index (χ4n) is 9.05. The van der Waals surface area contributed by atoms with Crippen LogP contribution in [-0.4, -0.2) is 91.1 Å². The number of ether oxygens (including phenoxy) is 4.